The summed E-state index contributed by atoms with van der Waals surface area (Å²) < 4.78 is 4.95. The molecule has 0 amide bonds. The number of aliphatic hydroxyl groups is 1. The van der Waals surface area contributed by atoms with Gasteiger partial charge in [-0.25, -0.2) is 0 Å². The molecule has 3 nitrogen and oxygen atoms in total. The third-order valence-corrected chi connectivity index (χ3v) is 2.68. The lowest BCUT2D eigenvalue weighted by molar-refractivity contribution is 0.129. The summed E-state index contributed by atoms with van der Waals surface area (Å²) in [5.41, 5.74) is 0. The average molecular weight is 207 g/mol. The van der Waals surface area contributed by atoms with Crippen LogP contribution in [0.5, 0.6) is 0 Å². The second-order valence-electron chi connectivity index (χ2n) is 2.84. The SMILES string of the molecule is CCSCCCNC(CO)COC. The minimum absolute atomic E-state index is 0.0941. The zero-order chi connectivity index (χ0) is 9.94. The number of rotatable bonds is 9. The summed E-state index contributed by atoms with van der Waals surface area (Å²) in [6.07, 6.45) is 1.15. The maximum absolute atomic E-state index is 8.91. The largest absolute Gasteiger partial charge is 0.395 e. The fourth-order valence-electron chi connectivity index (χ4n) is 1.00. The molecule has 0 aromatic carbocycles. The Kier molecular flexibility index (Phi) is 10.5. The van der Waals surface area contributed by atoms with E-state index in [0.29, 0.717) is 6.61 Å². The molecule has 0 saturated carbocycles. The first-order chi connectivity index (χ1) is 6.35. The van der Waals surface area contributed by atoms with Gasteiger partial charge < -0.3 is 15.2 Å². The zero-order valence-electron chi connectivity index (χ0n) is 8.58. The molecule has 0 spiro atoms. The van der Waals surface area contributed by atoms with Gasteiger partial charge in [0.2, 0.25) is 0 Å². The van der Waals surface area contributed by atoms with E-state index in [1.807, 2.05) is 11.8 Å². The number of aliphatic hydroxyl groups excluding tert-OH is 1. The number of thioether (sulfide) groups is 1. The van der Waals surface area contributed by atoms with Gasteiger partial charge in [0.25, 0.3) is 0 Å². The number of hydrogen-bond acceptors (Lipinski definition) is 4. The summed E-state index contributed by atoms with van der Waals surface area (Å²) in [7, 11) is 1.65. The highest BCUT2D eigenvalue weighted by molar-refractivity contribution is 7.99. The third kappa shape index (κ3) is 8.56. The van der Waals surface area contributed by atoms with Crippen LogP contribution < -0.4 is 5.32 Å². The Labute approximate surface area is 85.2 Å². The fraction of sp³-hybridized carbons (Fsp3) is 1.00. The van der Waals surface area contributed by atoms with Gasteiger partial charge in [-0.05, 0) is 24.5 Å². The van der Waals surface area contributed by atoms with Crippen molar-refractivity contribution >= 4 is 11.8 Å². The monoisotopic (exact) mass is 207 g/mol. The summed E-state index contributed by atoms with van der Waals surface area (Å²) in [6.45, 7) is 3.85. The zero-order valence-corrected chi connectivity index (χ0v) is 9.40. The van der Waals surface area contributed by atoms with Crippen LogP contribution >= 0.6 is 11.8 Å². The van der Waals surface area contributed by atoms with Crippen LogP contribution in [0.25, 0.3) is 0 Å². The Morgan fingerprint density at radius 3 is 2.85 bits per heavy atom. The molecular formula is C9H21NO2S. The van der Waals surface area contributed by atoms with Crippen molar-refractivity contribution in [1.82, 2.24) is 5.32 Å². The second kappa shape index (κ2) is 10.3. The van der Waals surface area contributed by atoms with E-state index in [0.717, 1.165) is 13.0 Å². The normalized spacial score (nSPS) is 13.2. The van der Waals surface area contributed by atoms with Crippen molar-refractivity contribution in [1.29, 1.82) is 0 Å². The maximum atomic E-state index is 8.91. The van der Waals surface area contributed by atoms with Crippen LogP contribution in [0.4, 0.5) is 0 Å². The smallest absolute Gasteiger partial charge is 0.0638 e. The molecule has 0 aliphatic rings. The number of nitrogens with one attached hydrogen (secondary N) is 1. The molecule has 2 N–H and O–H groups in total. The highest BCUT2D eigenvalue weighted by Crippen LogP contribution is 1.99. The van der Waals surface area contributed by atoms with Crippen molar-refractivity contribution in [3.05, 3.63) is 0 Å². The van der Waals surface area contributed by atoms with Gasteiger partial charge in [0.1, 0.15) is 0 Å². The molecule has 4 heteroatoms. The van der Waals surface area contributed by atoms with Crippen molar-refractivity contribution in [2.24, 2.45) is 0 Å². The van der Waals surface area contributed by atoms with Crippen molar-refractivity contribution in [3.63, 3.8) is 0 Å². The van der Waals surface area contributed by atoms with Gasteiger partial charge in [-0.3, -0.25) is 0 Å². The van der Waals surface area contributed by atoms with Gasteiger partial charge in [-0.15, -0.1) is 0 Å². The second-order valence-corrected chi connectivity index (χ2v) is 4.23. The van der Waals surface area contributed by atoms with Crippen LogP contribution in [0.3, 0.4) is 0 Å². The summed E-state index contributed by atoms with van der Waals surface area (Å²) in [5.74, 6) is 2.37. The van der Waals surface area contributed by atoms with E-state index in [-0.39, 0.29) is 12.6 Å². The van der Waals surface area contributed by atoms with Crippen LogP contribution in [-0.4, -0.2) is 49.5 Å². The highest BCUT2D eigenvalue weighted by Gasteiger charge is 2.04. The molecule has 0 aromatic heterocycles. The quantitative estimate of drug-likeness (QED) is 0.547. The van der Waals surface area contributed by atoms with E-state index in [1.165, 1.54) is 11.5 Å². The Bertz CT molecular complexity index is 104. The minimum Gasteiger partial charge on any atom is -0.395 e. The molecule has 0 fully saturated rings. The molecule has 80 valence electrons. The molecule has 0 rings (SSSR count). The molecule has 0 bridgehead atoms. The van der Waals surface area contributed by atoms with Crippen LogP contribution in [-0.2, 0) is 4.74 Å². The first kappa shape index (κ1) is 13.2. The van der Waals surface area contributed by atoms with Gasteiger partial charge in [0, 0.05) is 7.11 Å². The van der Waals surface area contributed by atoms with E-state index in [4.69, 9.17) is 9.84 Å². The number of ether oxygens (including phenoxy) is 1. The lowest BCUT2D eigenvalue weighted by Gasteiger charge is -2.14. The molecular weight excluding hydrogens is 186 g/mol. The summed E-state index contributed by atoms with van der Waals surface area (Å²) in [5, 5.41) is 12.2. The molecule has 0 aromatic rings. The fourth-order valence-corrected chi connectivity index (χ4v) is 1.64. The van der Waals surface area contributed by atoms with Crippen LogP contribution in [0, 0.1) is 0 Å². The van der Waals surface area contributed by atoms with E-state index >= 15 is 0 Å². The molecule has 1 atom stereocenters. The first-order valence-corrected chi connectivity index (χ1v) is 5.91. The summed E-state index contributed by atoms with van der Waals surface area (Å²) in [4.78, 5) is 0. The van der Waals surface area contributed by atoms with E-state index < -0.39 is 0 Å². The first-order valence-electron chi connectivity index (χ1n) is 4.76. The minimum atomic E-state index is 0.0941. The molecule has 0 saturated heterocycles. The number of hydrogen-bond donors (Lipinski definition) is 2. The predicted molar refractivity (Wildman–Crippen MR) is 58.4 cm³/mol. The van der Waals surface area contributed by atoms with Crippen molar-refractivity contribution in [3.8, 4) is 0 Å². The molecule has 0 radical (unpaired) electrons. The van der Waals surface area contributed by atoms with Crippen LogP contribution in [0.1, 0.15) is 13.3 Å². The standard InChI is InChI=1S/C9H21NO2S/c1-3-13-6-4-5-10-9(7-11)8-12-2/h9-11H,3-8H2,1-2H3. The topological polar surface area (TPSA) is 41.5 Å². The van der Waals surface area contributed by atoms with E-state index in [2.05, 4.69) is 12.2 Å². The third-order valence-electron chi connectivity index (χ3n) is 1.69. The Morgan fingerprint density at radius 2 is 2.31 bits per heavy atom. The van der Waals surface area contributed by atoms with E-state index in [1.54, 1.807) is 7.11 Å². The summed E-state index contributed by atoms with van der Waals surface area (Å²) in [6, 6.07) is 0.0941. The highest BCUT2D eigenvalue weighted by atomic mass is 32.2. The Morgan fingerprint density at radius 1 is 1.54 bits per heavy atom. The van der Waals surface area contributed by atoms with Gasteiger partial charge in [0.05, 0.1) is 19.3 Å². The van der Waals surface area contributed by atoms with Gasteiger partial charge in [-0.2, -0.15) is 11.8 Å². The lowest BCUT2D eigenvalue weighted by atomic mass is 10.3. The molecule has 0 heterocycles. The van der Waals surface area contributed by atoms with Gasteiger partial charge in [-0.1, -0.05) is 6.92 Å². The van der Waals surface area contributed by atoms with Crippen molar-refractivity contribution in [2.45, 2.75) is 19.4 Å². The predicted octanol–water partition coefficient (Wildman–Crippen LogP) is 0.727. The molecule has 0 aliphatic heterocycles. The summed E-state index contributed by atoms with van der Waals surface area (Å²) >= 11 is 1.95. The Balaban J connectivity index is 3.17. The lowest BCUT2D eigenvalue weighted by Crippen LogP contribution is -2.37. The Hall–Kier alpha value is 0.230. The van der Waals surface area contributed by atoms with Crippen molar-refractivity contribution in [2.75, 3.05) is 38.4 Å². The number of methoxy groups -OCH3 is 1. The van der Waals surface area contributed by atoms with E-state index in [9.17, 15) is 0 Å². The molecule has 13 heavy (non-hydrogen) atoms. The van der Waals surface area contributed by atoms with Crippen LogP contribution in [0.15, 0.2) is 0 Å². The van der Waals surface area contributed by atoms with Crippen LogP contribution in [0.2, 0.25) is 0 Å². The van der Waals surface area contributed by atoms with Gasteiger partial charge >= 0.3 is 0 Å². The van der Waals surface area contributed by atoms with Crippen molar-refractivity contribution < 1.29 is 9.84 Å². The average Bonchev–Trinajstić information content (AvgIpc) is 2.16. The molecule has 1 unspecified atom stereocenters. The van der Waals surface area contributed by atoms with Gasteiger partial charge in [0.15, 0.2) is 0 Å². The molecule has 0 aliphatic carbocycles. The maximum Gasteiger partial charge on any atom is 0.0638 e.